The summed E-state index contributed by atoms with van der Waals surface area (Å²) in [6, 6.07) is 0. The summed E-state index contributed by atoms with van der Waals surface area (Å²) in [5.74, 6) is 0.485. The molecule has 0 bridgehead atoms. The van der Waals surface area contributed by atoms with Crippen LogP contribution in [0.1, 0.15) is 47.0 Å². The lowest BCUT2D eigenvalue weighted by Crippen LogP contribution is -2.37. The zero-order valence-corrected chi connectivity index (χ0v) is 11.2. The van der Waals surface area contributed by atoms with Gasteiger partial charge in [-0.2, -0.15) is 0 Å². The Labute approximate surface area is 103 Å². The Morgan fingerprint density at radius 2 is 1.94 bits per heavy atom. The molecular weight excluding hydrogens is 218 g/mol. The summed E-state index contributed by atoms with van der Waals surface area (Å²) in [4.78, 5) is 23.3. The number of Topliss-reactive ketones (excluding diaryl/α,β-unsaturated/α-hetero) is 1. The van der Waals surface area contributed by atoms with Crippen LogP contribution in [0.4, 0.5) is 4.79 Å². The van der Waals surface area contributed by atoms with Crippen molar-refractivity contribution < 1.29 is 14.3 Å². The molecule has 1 fully saturated rings. The van der Waals surface area contributed by atoms with Crippen LogP contribution in [-0.4, -0.2) is 24.0 Å². The fourth-order valence-corrected chi connectivity index (χ4v) is 1.67. The highest BCUT2D eigenvalue weighted by Gasteiger charge is 2.34. The highest BCUT2D eigenvalue weighted by Crippen LogP contribution is 2.33. The zero-order valence-electron chi connectivity index (χ0n) is 11.2. The molecule has 0 saturated heterocycles. The second kappa shape index (κ2) is 5.52. The minimum Gasteiger partial charge on any atom is -0.444 e. The SMILES string of the molecule is CCC(CNC(=O)OC(C)(C)C)C(=O)C1CC1. The maximum atomic E-state index is 11.8. The van der Waals surface area contributed by atoms with E-state index in [1.807, 2.05) is 27.7 Å². The summed E-state index contributed by atoms with van der Waals surface area (Å²) in [6.45, 7) is 7.82. The lowest BCUT2D eigenvalue weighted by atomic mass is 9.98. The molecular formula is C13H23NO3. The molecule has 1 N–H and O–H groups in total. The van der Waals surface area contributed by atoms with Crippen molar-refractivity contribution in [1.29, 1.82) is 0 Å². The van der Waals surface area contributed by atoms with Gasteiger partial charge >= 0.3 is 6.09 Å². The molecule has 0 aromatic heterocycles. The monoisotopic (exact) mass is 241 g/mol. The van der Waals surface area contributed by atoms with Crippen molar-refractivity contribution in [2.24, 2.45) is 11.8 Å². The van der Waals surface area contributed by atoms with Crippen molar-refractivity contribution >= 4 is 11.9 Å². The number of rotatable bonds is 5. The van der Waals surface area contributed by atoms with E-state index < -0.39 is 11.7 Å². The van der Waals surface area contributed by atoms with Crippen LogP contribution in [0.5, 0.6) is 0 Å². The van der Waals surface area contributed by atoms with E-state index in [2.05, 4.69) is 5.32 Å². The van der Waals surface area contributed by atoms with Gasteiger partial charge in [0.25, 0.3) is 0 Å². The van der Waals surface area contributed by atoms with Gasteiger partial charge in [-0.1, -0.05) is 6.92 Å². The highest BCUT2D eigenvalue weighted by molar-refractivity contribution is 5.86. The Balaban J connectivity index is 2.32. The second-order valence-corrected chi connectivity index (χ2v) is 5.66. The van der Waals surface area contributed by atoms with Crippen molar-refractivity contribution in [1.82, 2.24) is 5.32 Å². The van der Waals surface area contributed by atoms with Crippen molar-refractivity contribution in [2.75, 3.05) is 6.54 Å². The van der Waals surface area contributed by atoms with E-state index in [0.29, 0.717) is 12.3 Å². The van der Waals surface area contributed by atoms with Crippen LogP contribution >= 0.6 is 0 Å². The number of ether oxygens (including phenoxy) is 1. The molecule has 0 aliphatic heterocycles. The maximum absolute atomic E-state index is 11.8. The number of nitrogens with one attached hydrogen (secondary N) is 1. The minimum absolute atomic E-state index is 0.0602. The molecule has 1 rings (SSSR count). The third-order valence-corrected chi connectivity index (χ3v) is 2.77. The van der Waals surface area contributed by atoms with E-state index in [0.717, 1.165) is 19.3 Å². The van der Waals surface area contributed by atoms with Crippen LogP contribution in [0, 0.1) is 11.8 Å². The Morgan fingerprint density at radius 1 is 1.35 bits per heavy atom. The van der Waals surface area contributed by atoms with Crippen LogP contribution in [0.15, 0.2) is 0 Å². The fraction of sp³-hybridized carbons (Fsp3) is 0.846. The molecule has 17 heavy (non-hydrogen) atoms. The Bertz CT molecular complexity index is 290. The van der Waals surface area contributed by atoms with E-state index in [1.54, 1.807) is 0 Å². The van der Waals surface area contributed by atoms with E-state index in [9.17, 15) is 9.59 Å². The molecule has 1 amide bonds. The largest absolute Gasteiger partial charge is 0.444 e. The normalized spacial score (nSPS) is 17.4. The summed E-state index contributed by atoms with van der Waals surface area (Å²) < 4.78 is 5.13. The van der Waals surface area contributed by atoms with Crippen LogP contribution in [0.25, 0.3) is 0 Å². The number of amides is 1. The van der Waals surface area contributed by atoms with E-state index in [1.165, 1.54) is 0 Å². The highest BCUT2D eigenvalue weighted by atomic mass is 16.6. The Kier molecular flexibility index (Phi) is 4.54. The Morgan fingerprint density at radius 3 is 2.35 bits per heavy atom. The van der Waals surface area contributed by atoms with Crippen LogP contribution in [0.2, 0.25) is 0 Å². The average molecular weight is 241 g/mol. The summed E-state index contributed by atoms with van der Waals surface area (Å²) in [5, 5.41) is 2.67. The summed E-state index contributed by atoms with van der Waals surface area (Å²) in [5.41, 5.74) is -0.494. The van der Waals surface area contributed by atoms with Crippen LogP contribution in [0.3, 0.4) is 0 Å². The molecule has 0 heterocycles. The standard InChI is InChI=1S/C13H23NO3/c1-5-9(11(15)10-6-7-10)8-14-12(16)17-13(2,3)4/h9-10H,5-8H2,1-4H3,(H,14,16). The van der Waals surface area contributed by atoms with Crippen molar-refractivity contribution in [2.45, 2.75) is 52.6 Å². The first-order valence-electron chi connectivity index (χ1n) is 6.34. The number of carbonyl (C=O) groups is 2. The molecule has 0 radical (unpaired) electrons. The molecule has 1 unspecified atom stereocenters. The average Bonchev–Trinajstić information content (AvgIpc) is 2.98. The van der Waals surface area contributed by atoms with Gasteiger partial charge < -0.3 is 10.1 Å². The lowest BCUT2D eigenvalue weighted by Gasteiger charge is -2.21. The lowest BCUT2D eigenvalue weighted by molar-refractivity contribution is -0.124. The molecule has 0 spiro atoms. The van der Waals surface area contributed by atoms with Crippen molar-refractivity contribution in [3.8, 4) is 0 Å². The maximum Gasteiger partial charge on any atom is 0.407 e. The van der Waals surface area contributed by atoms with Crippen LogP contribution in [-0.2, 0) is 9.53 Å². The van der Waals surface area contributed by atoms with Gasteiger partial charge in [0.2, 0.25) is 0 Å². The molecule has 1 aliphatic rings. The van der Waals surface area contributed by atoms with E-state index in [-0.39, 0.29) is 11.8 Å². The predicted octanol–water partition coefficient (Wildman–Crippen LogP) is 2.52. The molecule has 1 aliphatic carbocycles. The van der Waals surface area contributed by atoms with Gasteiger partial charge in [0.05, 0.1) is 0 Å². The van der Waals surface area contributed by atoms with Gasteiger partial charge in [0, 0.05) is 18.4 Å². The third kappa shape index (κ3) is 5.20. The first kappa shape index (κ1) is 14.0. The second-order valence-electron chi connectivity index (χ2n) is 5.66. The first-order valence-corrected chi connectivity index (χ1v) is 6.34. The zero-order chi connectivity index (χ0) is 13.1. The summed E-state index contributed by atoms with van der Waals surface area (Å²) >= 11 is 0. The number of alkyl carbamates (subject to hydrolysis) is 1. The topological polar surface area (TPSA) is 55.4 Å². The Hall–Kier alpha value is -1.06. The van der Waals surface area contributed by atoms with Gasteiger partial charge in [-0.25, -0.2) is 4.79 Å². The molecule has 1 atom stereocenters. The van der Waals surface area contributed by atoms with E-state index >= 15 is 0 Å². The molecule has 4 heteroatoms. The molecule has 98 valence electrons. The molecule has 4 nitrogen and oxygen atoms in total. The van der Waals surface area contributed by atoms with E-state index in [4.69, 9.17) is 4.74 Å². The van der Waals surface area contributed by atoms with Crippen molar-refractivity contribution in [3.05, 3.63) is 0 Å². The number of hydrogen-bond donors (Lipinski definition) is 1. The number of hydrogen-bond acceptors (Lipinski definition) is 3. The van der Waals surface area contributed by atoms with Gasteiger partial charge in [-0.05, 0) is 40.0 Å². The van der Waals surface area contributed by atoms with Crippen LogP contribution < -0.4 is 5.32 Å². The number of carbonyl (C=O) groups excluding carboxylic acids is 2. The van der Waals surface area contributed by atoms with Gasteiger partial charge in [-0.3, -0.25) is 4.79 Å². The molecule has 0 aromatic rings. The number of ketones is 1. The predicted molar refractivity (Wildman–Crippen MR) is 65.7 cm³/mol. The van der Waals surface area contributed by atoms with Gasteiger partial charge in [0.1, 0.15) is 11.4 Å². The quantitative estimate of drug-likeness (QED) is 0.804. The van der Waals surface area contributed by atoms with Gasteiger partial charge in [-0.15, -0.1) is 0 Å². The first-order chi connectivity index (χ1) is 7.83. The third-order valence-electron chi connectivity index (χ3n) is 2.77. The minimum atomic E-state index is -0.494. The van der Waals surface area contributed by atoms with Crippen molar-refractivity contribution in [3.63, 3.8) is 0 Å². The smallest absolute Gasteiger partial charge is 0.407 e. The fourth-order valence-electron chi connectivity index (χ4n) is 1.67. The molecule has 1 saturated carbocycles. The summed E-state index contributed by atoms with van der Waals surface area (Å²) in [6.07, 6.45) is 2.36. The molecule has 0 aromatic carbocycles. The van der Waals surface area contributed by atoms with Gasteiger partial charge in [0.15, 0.2) is 0 Å². The summed E-state index contributed by atoms with van der Waals surface area (Å²) in [7, 11) is 0.